The van der Waals surface area contributed by atoms with Gasteiger partial charge in [0.25, 0.3) is 5.91 Å². The summed E-state index contributed by atoms with van der Waals surface area (Å²) in [6, 6.07) is 9.22. The summed E-state index contributed by atoms with van der Waals surface area (Å²) in [5.74, 6) is 2.76. The van der Waals surface area contributed by atoms with Crippen LogP contribution in [0.25, 0.3) is 11.4 Å². The maximum Gasteiger partial charge on any atom is 0.251 e. The Morgan fingerprint density at radius 3 is 2.50 bits per heavy atom. The Bertz CT molecular complexity index is 975. The molecule has 1 fully saturated rings. The Kier molecular flexibility index (Phi) is 4.81. The molecule has 1 aliphatic rings. The van der Waals surface area contributed by atoms with Crippen LogP contribution in [0.2, 0.25) is 0 Å². The van der Waals surface area contributed by atoms with Crippen LogP contribution in [0.4, 0.5) is 5.82 Å². The van der Waals surface area contributed by atoms with E-state index in [0.717, 1.165) is 30.0 Å². The lowest BCUT2D eigenvalue weighted by molar-refractivity contribution is 0.0929. The van der Waals surface area contributed by atoms with Crippen LogP contribution in [-0.2, 0) is 7.05 Å². The number of aryl methyl sites for hydroxylation is 1. The SMILES string of the molecule is CN(C)c1ccnc(-c2ccc(C(=O)N[C@@H](c3nccn3C)C3CC3)cc2)n1. The number of benzene rings is 1. The van der Waals surface area contributed by atoms with Crippen LogP contribution in [-0.4, -0.2) is 39.5 Å². The van der Waals surface area contributed by atoms with E-state index in [-0.39, 0.29) is 11.9 Å². The molecule has 7 heteroatoms. The molecule has 2 heterocycles. The van der Waals surface area contributed by atoms with Crippen molar-refractivity contribution >= 4 is 11.7 Å². The van der Waals surface area contributed by atoms with Gasteiger partial charge in [0.1, 0.15) is 11.6 Å². The Morgan fingerprint density at radius 1 is 1.14 bits per heavy atom. The number of aromatic nitrogens is 4. The second-order valence-corrected chi connectivity index (χ2v) is 7.40. The van der Waals surface area contributed by atoms with Crippen molar-refractivity contribution in [3.05, 3.63) is 60.3 Å². The molecule has 0 unspecified atom stereocenters. The van der Waals surface area contributed by atoms with E-state index in [4.69, 9.17) is 0 Å². The molecule has 1 aliphatic carbocycles. The molecular formula is C21H24N6O. The molecule has 1 N–H and O–H groups in total. The van der Waals surface area contributed by atoms with E-state index >= 15 is 0 Å². The Morgan fingerprint density at radius 2 is 1.89 bits per heavy atom. The first kappa shape index (κ1) is 18.2. The standard InChI is InChI=1S/C21H24N6O/c1-26(2)17-10-11-22-19(24-17)15-6-8-16(9-7-15)21(28)25-18(14-4-5-14)20-23-12-13-27(20)3/h6-14,18H,4-5H2,1-3H3,(H,25,28)/t18-/m1/s1. The lowest BCUT2D eigenvalue weighted by Gasteiger charge is -2.18. The highest BCUT2D eigenvalue weighted by molar-refractivity contribution is 5.94. The number of hydrogen-bond donors (Lipinski definition) is 1. The highest BCUT2D eigenvalue weighted by Crippen LogP contribution is 2.40. The molecule has 0 saturated heterocycles. The summed E-state index contributed by atoms with van der Waals surface area (Å²) in [7, 11) is 5.84. The van der Waals surface area contributed by atoms with Gasteiger partial charge in [-0.1, -0.05) is 12.1 Å². The third-order valence-corrected chi connectivity index (χ3v) is 5.02. The molecule has 0 aliphatic heterocycles. The van der Waals surface area contributed by atoms with Gasteiger partial charge < -0.3 is 14.8 Å². The van der Waals surface area contributed by atoms with Crippen LogP contribution in [0, 0.1) is 5.92 Å². The fourth-order valence-corrected chi connectivity index (χ4v) is 3.23. The molecule has 0 radical (unpaired) electrons. The Hall–Kier alpha value is -3.22. The molecule has 7 nitrogen and oxygen atoms in total. The van der Waals surface area contributed by atoms with Crippen LogP contribution in [0.1, 0.15) is 35.1 Å². The summed E-state index contributed by atoms with van der Waals surface area (Å²) < 4.78 is 1.97. The van der Waals surface area contributed by atoms with Crippen molar-refractivity contribution < 1.29 is 4.79 Å². The van der Waals surface area contributed by atoms with Crippen LogP contribution in [0.5, 0.6) is 0 Å². The van der Waals surface area contributed by atoms with Crippen molar-refractivity contribution in [1.82, 2.24) is 24.8 Å². The number of imidazole rings is 1. The minimum absolute atomic E-state index is 0.0488. The third-order valence-electron chi connectivity index (χ3n) is 5.02. The zero-order valence-electron chi connectivity index (χ0n) is 16.3. The van der Waals surface area contributed by atoms with E-state index in [9.17, 15) is 4.79 Å². The maximum atomic E-state index is 12.8. The minimum atomic E-state index is -0.0885. The van der Waals surface area contributed by atoms with Gasteiger partial charge in [-0.05, 0) is 37.0 Å². The summed E-state index contributed by atoms with van der Waals surface area (Å²) >= 11 is 0. The normalized spacial score (nSPS) is 14.5. The first-order valence-corrected chi connectivity index (χ1v) is 9.42. The van der Waals surface area contributed by atoms with Gasteiger partial charge in [-0.25, -0.2) is 15.0 Å². The predicted octanol–water partition coefficient (Wildman–Crippen LogP) is 2.82. The summed E-state index contributed by atoms with van der Waals surface area (Å²) in [5.41, 5.74) is 1.50. The van der Waals surface area contributed by atoms with Crippen molar-refractivity contribution in [2.24, 2.45) is 13.0 Å². The molecule has 1 atom stereocenters. The Labute approximate surface area is 164 Å². The van der Waals surface area contributed by atoms with Crippen molar-refractivity contribution in [2.75, 3.05) is 19.0 Å². The van der Waals surface area contributed by atoms with Crippen molar-refractivity contribution in [2.45, 2.75) is 18.9 Å². The van der Waals surface area contributed by atoms with Gasteiger partial charge in [0.15, 0.2) is 5.82 Å². The van der Waals surface area contributed by atoms with Crippen LogP contribution in [0.15, 0.2) is 48.9 Å². The number of amides is 1. The quantitative estimate of drug-likeness (QED) is 0.716. The summed E-state index contributed by atoms with van der Waals surface area (Å²) in [6.45, 7) is 0. The van der Waals surface area contributed by atoms with Gasteiger partial charge in [0, 0.05) is 50.9 Å². The number of carbonyl (C=O) groups is 1. The van der Waals surface area contributed by atoms with Gasteiger partial charge in [-0.3, -0.25) is 4.79 Å². The molecular weight excluding hydrogens is 352 g/mol. The topological polar surface area (TPSA) is 75.9 Å². The molecule has 4 rings (SSSR count). The highest BCUT2D eigenvalue weighted by Gasteiger charge is 2.35. The Balaban J connectivity index is 1.51. The molecule has 144 valence electrons. The zero-order valence-corrected chi connectivity index (χ0v) is 16.3. The second kappa shape index (κ2) is 7.42. The van der Waals surface area contributed by atoms with Gasteiger partial charge in [-0.2, -0.15) is 0 Å². The number of rotatable bonds is 6. The first-order valence-electron chi connectivity index (χ1n) is 9.42. The largest absolute Gasteiger partial charge is 0.363 e. The molecule has 28 heavy (non-hydrogen) atoms. The van der Waals surface area contributed by atoms with E-state index in [1.807, 2.05) is 67.1 Å². The molecule has 2 aromatic heterocycles. The van der Waals surface area contributed by atoms with Crippen LogP contribution < -0.4 is 10.2 Å². The monoisotopic (exact) mass is 376 g/mol. The van der Waals surface area contributed by atoms with Gasteiger partial charge in [0.05, 0.1) is 6.04 Å². The molecule has 1 amide bonds. The number of hydrogen-bond acceptors (Lipinski definition) is 5. The van der Waals surface area contributed by atoms with Gasteiger partial charge in [0.2, 0.25) is 0 Å². The highest BCUT2D eigenvalue weighted by atomic mass is 16.1. The van der Waals surface area contributed by atoms with Gasteiger partial charge >= 0.3 is 0 Å². The first-order chi connectivity index (χ1) is 13.5. The lowest BCUT2D eigenvalue weighted by Crippen LogP contribution is -2.31. The van der Waals surface area contributed by atoms with E-state index in [1.165, 1.54) is 0 Å². The lowest BCUT2D eigenvalue weighted by atomic mass is 10.1. The summed E-state index contributed by atoms with van der Waals surface area (Å²) in [4.78, 5) is 28.0. The molecule has 0 spiro atoms. The van der Waals surface area contributed by atoms with Crippen LogP contribution in [0.3, 0.4) is 0 Å². The van der Waals surface area contributed by atoms with E-state index < -0.39 is 0 Å². The molecule has 1 saturated carbocycles. The van der Waals surface area contributed by atoms with Crippen molar-refractivity contribution in [3.63, 3.8) is 0 Å². The molecule has 1 aromatic carbocycles. The minimum Gasteiger partial charge on any atom is -0.363 e. The van der Waals surface area contributed by atoms with E-state index in [0.29, 0.717) is 17.3 Å². The van der Waals surface area contributed by atoms with E-state index in [1.54, 1.807) is 12.4 Å². The van der Waals surface area contributed by atoms with E-state index in [2.05, 4.69) is 20.3 Å². The summed E-state index contributed by atoms with van der Waals surface area (Å²) in [5, 5.41) is 3.16. The third kappa shape index (κ3) is 3.74. The zero-order chi connectivity index (χ0) is 19.7. The summed E-state index contributed by atoms with van der Waals surface area (Å²) in [6.07, 6.45) is 7.67. The number of carbonyl (C=O) groups excluding carboxylic acids is 1. The number of nitrogens with zero attached hydrogens (tertiary/aromatic N) is 5. The fourth-order valence-electron chi connectivity index (χ4n) is 3.23. The van der Waals surface area contributed by atoms with Crippen molar-refractivity contribution in [1.29, 1.82) is 0 Å². The maximum absolute atomic E-state index is 12.8. The average Bonchev–Trinajstić information content (AvgIpc) is 3.47. The average molecular weight is 376 g/mol. The van der Waals surface area contributed by atoms with Gasteiger partial charge in [-0.15, -0.1) is 0 Å². The predicted molar refractivity (Wildman–Crippen MR) is 108 cm³/mol. The second-order valence-electron chi connectivity index (χ2n) is 7.40. The van der Waals surface area contributed by atoms with Crippen LogP contribution >= 0.6 is 0 Å². The number of nitrogens with one attached hydrogen (secondary N) is 1. The fraction of sp³-hybridized carbons (Fsp3) is 0.333. The molecule has 0 bridgehead atoms. The molecule has 3 aromatic rings. The smallest absolute Gasteiger partial charge is 0.251 e. The van der Waals surface area contributed by atoms with Crippen molar-refractivity contribution in [3.8, 4) is 11.4 Å². The number of anilines is 1.